The molecule has 0 radical (unpaired) electrons. The standard InChI is InChI=1S/C24H22N6.C21H20N8/c1-15(21-13-26-24(18-6-7-18)29-16(21)2)19-8-10-30-23(11-19)22(14-27-30)17(3)28-20-5-4-9-25-12-20;1-12-3-5-23-11-18(12)27-13(2)15-10-26-29-6-4-14(7-19(15)29)16-8-24-20-17(16)9-25-21(22)28-20/h4-5,8-14,18,28H,1,3,6-7H2,2H3;4-12,27H,2-3H2,1H3,(H3,22,24,25,28). The lowest BCUT2D eigenvalue weighted by atomic mass is 9.99. The monoisotopic (exact) mass is 778 g/mol. The first kappa shape index (κ1) is 36.9. The largest absolute Gasteiger partial charge is 0.368 e. The first-order chi connectivity index (χ1) is 28.7. The number of aromatic amines is 1. The van der Waals surface area contributed by atoms with E-state index < -0.39 is 0 Å². The van der Waals surface area contributed by atoms with Gasteiger partial charge >= 0.3 is 0 Å². The number of pyridine rings is 3. The van der Waals surface area contributed by atoms with Crippen LogP contribution in [0.1, 0.15) is 65.9 Å². The van der Waals surface area contributed by atoms with Crippen molar-refractivity contribution in [2.45, 2.75) is 39.0 Å². The molecular weight excluding hydrogens is 737 g/mol. The number of nitrogens with zero attached hydrogens (tertiary/aromatic N) is 10. The van der Waals surface area contributed by atoms with E-state index in [1.54, 1.807) is 18.6 Å². The zero-order chi connectivity index (χ0) is 40.6. The molecule has 8 aromatic heterocycles. The summed E-state index contributed by atoms with van der Waals surface area (Å²) < 4.78 is 3.67. The van der Waals surface area contributed by atoms with E-state index in [0.717, 1.165) is 96.1 Å². The number of fused-ring (bicyclic) bond motifs is 3. The molecule has 0 aromatic carbocycles. The van der Waals surface area contributed by atoms with E-state index >= 15 is 0 Å². The summed E-state index contributed by atoms with van der Waals surface area (Å²) in [6, 6.07) is 12.0. The average Bonchev–Trinajstić information content (AvgIpc) is 3.66. The Hall–Kier alpha value is -7.74. The highest BCUT2D eigenvalue weighted by Crippen LogP contribution is 2.38. The van der Waals surface area contributed by atoms with Crippen LogP contribution in [0.5, 0.6) is 0 Å². The minimum absolute atomic E-state index is 0.248. The quantitative estimate of drug-likeness (QED) is 0.106. The van der Waals surface area contributed by atoms with Crippen molar-refractivity contribution in [3.8, 4) is 11.1 Å². The molecule has 1 aliphatic heterocycles. The Morgan fingerprint density at radius 1 is 0.864 bits per heavy atom. The van der Waals surface area contributed by atoms with E-state index in [0.29, 0.717) is 17.5 Å². The molecule has 8 aromatic rings. The van der Waals surface area contributed by atoms with E-state index in [1.807, 2.05) is 89.8 Å². The smallest absolute Gasteiger partial charge is 0.221 e. The van der Waals surface area contributed by atoms with Gasteiger partial charge in [-0.2, -0.15) is 15.2 Å². The van der Waals surface area contributed by atoms with Crippen LogP contribution in [-0.4, -0.2) is 55.3 Å². The van der Waals surface area contributed by atoms with Crippen LogP contribution in [0.3, 0.4) is 0 Å². The van der Waals surface area contributed by atoms with Gasteiger partial charge in [0, 0.05) is 112 Å². The van der Waals surface area contributed by atoms with Crippen LogP contribution >= 0.6 is 0 Å². The summed E-state index contributed by atoms with van der Waals surface area (Å²) in [5, 5.41) is 16.5. The SMILES string of the molecule is C=C(NC1=CN=CCC1C)c1cnn2ccc(-c3c[nH]c4nc(N)ncc34)cc12.C=C(c1ccn2ncc(C(=C)Nc3cccnc3)c2c1)c1cnc(C2CC2)nc1C. The van der Waals surface area contributed by atoms with Crippen molar-refractivity contribution in [2.24, 2.45) is 10.9 Å². The van der Waals surface area contributed by atoms with E-state index in [2.05, 4.69) is 89.5 Å². The topological polar surface area (TPSA) is 177 Å². The lowest BCUT2D eigenvalue weighted by Crippen LogP contribution is -2.19. The van der Waals surface area contributed by atoms with Gasteiger partial charge in [-0.05, 0) is 79.3 Å². The summed E-state index contributed by atoms with van der Waals surface area (Å²) in [5.74, 6) is 2.11. The first-order valence-corrected chi connectivity index (χ1v) is 19.3. The maximum atomic E-state index is 5.69. The second kappa shape index (κ2) is 15.3. The molecule has 1 fully saturated rings. The van der Waals surface area contributed by atoms with Crippen LogP contribution in [0, 0.1) is 12.8 Å². The molecule has 2 aliphatic rings. The maximum Gasteiger partial charge on any atom is 0.221 e. The summed E-state index contributed by atoms with van der Waals surface area (Å²) in [6.07, 6.45) is 23.7. The molecule has 1 saturated carbocycles. The number of hydrogen-bond donors (Lipinski definition) is 4. The lowest BCUT2D eigenvalue weighted by Gasteiger charge is -2.19. The Kier molecular flexibility index (Phi) is 9.57. The zero-order valence-corrected chi connectivity index (χ0v) is 32.8. The highest BCUT2D eigenvalue weighted by molar-refractivity contribution is 5.95. The fourth-order valence-corrected chi connectivity index (χ4v) is 7.10. The van der Waals surface area contributed by atoms with Crippen LogP contribution in [0.25, 0.3) is 50.2 Å². The van der Waals surface area contributed by atoms with Gasteiger partial charge in [0.15, 0.2) is 0 Å². The minimum atomic E-state index is 0.248. The van der Waals surface area contributed by atoms with Gasteiger partial charge in [0.25, 0.3) is 0 Å². The summed E-state index contributed by atoms with van der Waals surface area (Å²) in [6.45, 7) is 16.9. The second-order valence-corrected chi connectivity index (χ2v) is 14.8. The molecule has 0 bridgehead atoms. The molecule has 10 rings (SSSR count). The molecule has 292 valence electrons. The Labute approximate surface area is 340 Å². The van der Waals surface area contributed by atoms with E-state index in [4.69, 9.17) is 10.7 Å². The first-order valence-electron chi connectivity index (χ1n) is 19.3. The average molecular weight is 779 g/mol. The molecule has 0 saturated heterocycles. The van der Waals surface area contributed by atoms with Crippen molar-refractivity contribution in [3.63, 3.8) is 0 Å². The van der Waals surface area contributed by atoms with Gasteiger partial charge in [-0.25, -0.2) is 24.0 Å². The van der Waals surface area contributed by atoms with Gasteiger partial charge in [-0.1, -0.05) is 26.7 Å². The molecule has 0 spiro atoms. The number of aliphatic imine (C=N–C) groups is 1. The fourth-order valence-electron chi connectivity index (χ4n) is 7.10. The number of H-pyrrole nitrogens is 1. The van der Waals surface area contributed by atoms with Crippen LogP contribution in [-0.2, 0) is 0 Å². The predicted octanol–water partition coefficient (Wildman–Crippen LogP) is 8.22. The van der Waals surface area contributed by atoms with Crippen LogP contribution in [0.15, 0.2) is 129 Å². The molecular formula is C45H42N14. The normalized spacial score (nSPS) is 14.8. The summed E-state index contributed by atoms with van der Waals surface area (Å²) >= 11 is 0. The molecule has 9 heterocycles. The van der Waals surface area contributed by atoms with Crippen LogP contribution in [0.4, 0.5) is 11.6 Å². The zero-order valence-electron chi connectivity index (χ0n) is 32.8. The molecule has 1 aliphatic carbocycles. The van der Waals surface area contributed by atoms with Crippen molar-refractivity contribution in [2.75, 3.05) is 11.1 Å². The molecule has 1 atom stereocenters. The number of aryl methyl sites for hydroxylation is 1. The Bertz CT molecular complexity index is 2980. The molecule has 1 unspecified atom stereocenters. The molecule has 14 heteroatoms. The van der Waals surface area contributed by atoms with Gasteiger partial charge < -0.3 is 21.4 Å². The highest BCUT2D eigenvalue weighted by atomic mass is 15.2. The minimum Gasteiger partial charge on any atom is -0.368 e. The molecule has 5 N–H and O–H groups in total. The number of nitrogen functional groups attached to an aromatic ring is 1. The van der Waals surface area contributed by atoms with Gasteiger partial charge in [0.2, 0.25) is 5.95 Å². The van der Waals surface area contributed by atoms with Gasteiger partial charge in [-0.3, -0.25) is 9.98 Å². The van der Waals surface area contributed by atoms with Gasteiger partial charge in [-0.15, -0.1) is 0 Å². The Balaban J connectivity index is 0.000000152. The van der Waals surface area contributed by atoms with E-state index in [9.17, 15) is 0 Å². The lowest BCUT2D eigenvalue weighted by molar-refractivity contribution is 0.670. The third-order valence-corrected chi connectivity index (χ3v) is 10.6. The van der Waals surface area contributed by atoms with Crippen molar-refractivity contribution in [1.29, 1.82) is 0 Å². The van der Waals surface area contributed by atoms with Crippen LogP contribution < -0.4 is 16.4 Å². The Morgan fingerprint density at radius 3 is 2.36 bits per heavy atom. The second-order valence-electron chi connectivity index (χ2n) is 14.8. The third-order valence-electron chi connectivity index (χ3n) is 10.6. The van der Waals surface area contributed by atoms with Gasteiger partial charge in [0.05, 0.1) is 35.3 Å². The number of nitrogens with two attached hydrogens (primary N) is 1. The fraction of sp³-hybridized carbons (Fsp3) is 0.156. The number of allylic oxidation sites excluding steroid dienone is 1. The number of anilines is 2. The van der Waals surface area contributed by atoms with Crippen molar-refractivity contribution < 1.29 is 0 Å². The predicted molar refractivity (Wildman–Crippen MR) is 234 cm³/mol. The van der Waals surface area contributed by atoms with Crippen molar-refractivity contribution >= 4 is 56.9 Å². The number of hydrogen-bond acceptors (Lipinski definition) is 11. The summed E-state index contributed by atoms with van der Waals surface area (Å²) in [4.78, 5) is 29.2. The molecule has 59 heavy (non-hydrogen) atoms. The molecule has 0 amide bonds. The van der Waals surface area contributed by atoms with E-state index in [-0.39, 0.29) is 5.95 Å². The number of aromatic nitrogens is 10. The number of nitrogens with one attached hydrogen (secondary N) is 3. The highest BCUT2D eigenvalue weighted by Gasteiger charge is 2.27. The Morgan fingerprint density at radius 2 is 1.63 bits per heavy atom. The summed E-state index contributed by atoms with van der Waals surface area (Å²) in [5.41, 5.74) is 19.5. The number of rotatable bonds is 10. The molecule has 14 nitrogen and oxygen atoms in total. The van der Waals surface area contributed by atoms with Gasteiger partial charge in [0.1, 0.15) is 11.5 Å². The van der Waals surface area contributed by atoms with Crippen LogP contribution in [0.2, 0.25) is 0 Å². The van der Waals surface area contributed by atoms with E-state index in [1.165, 1.54) is 12.8 Å². The van der Waals surface area contributed by atoms with Crippen molar-refractivity contribution in [3.05, 3.63) is 158 Å². The summed E-state index contributed by atoms with van der Waals surface area (Å²) in [7, 11) is 0. The van der Waals surface area contributed by atoms with Crippen molar-refractivity contribution in [1.82, 2.24) is 54.4 Å². The third kappa shape index (κ3) is 7.46. The maximum absolute atomic E-state index is 5.69.